The van der Waals surface area contributed by atoms with Gasteiger partial charge in [0.15, 0.2) is 0 Å². The Morgan fingerprint density at radius 1 is 1.42 bits per heavy atom. The predicted octanol–water partition coefficient (Wildman–Crippen LogP) is 2.34. The Morgan fingerprint density at radius 2 is 2.32 bits per heavy atom. The van der Waals surface area contributed by atoms with Crippen molar-refractivity contribution in [3.05, 3.63) is 29.3 Å². The zero-order valence-corrected chi connectivity index (χ0v) is 12.0. The van der Waals surface area contributed by atoms with E-state index in [1.54, 1.807) is 0 Å². The molecule has 1 aromatic carbocycles. The van der Waals surface area contributed by atoms with E-state index in [1.807, 2.05) is 0 Å². The Labute approximate surface area is 115 Å². The van der Waals surface area contributed by atoms with Gasteiger partial charge in [-0.05, 0) is 43.4 Å². The predicted molar refractivity (Wildman–Crippen MR) is 78.7 cm³/mol. The highest BCUT2D eigenvalue weighted by Crippen LogP contribution is 2.27. The van der Waals surface area contributed by atoms with Gasteiger partial charge in [0.25, 0.3) is 0 Å². The van der Waals surface area contributed by atoms with Gasteiger partial charge in [0, 0.05) is 38.5 Å². The maximum Gasteiger partial charge on any atom is 0.0561 e. The van der Waals surface area contributed by atoms with E-state index in [2.05, 4.69) is 42.4 Å². The van der Waals surface area contributed by atoms with E-state index >= 15 is 0 Å². The molecule has 0 bridgehead atoms. The summed E-state index contributed by atoms with van der Waals surface area (Å²) in [5, 5.41) is 3.68. The standard InChI is InChI=1S/C16H24N2O/c1-12-9-15(6-8-19-12)17-11-13-3-4-16-14(10-13)5-7-18(16)2/h3-4,10,12,15,17H,5-9,11H2,1-2H3. The topological polar surface area (TPSA) is 24.5 Å². The van der Waals surface area contributed by atoms with Gasteiger partial charge in [-0.2, -0.15) is 0 Å². The third-order valence-corrected chi connectivity index (χ3v) is 4.35. The highest BCUT2D eigenvalue weighted by atomic mass is 16.5. The van der Waals surface area contributed by atoms with Crippen LogP contribution < -0.4 is 10.2 Å². The molecule has 1 aromatic rings. The zero-order chi connectivity index (χ0) is 13.2. The molecular weight excluding hydrogens is 236 g/mol. The van der Waals surface area contributed by atoms with Crippen molar-refractivity contribution in [3.63, 3.8) is 0 Å². The van der Waals surface area contributed by atoms with E-state index < -0.39 is 0 Å². The summed E-state index contributed by atoms with van der Waals surface area (Å²) in [6.07, 6.45) is 3.86. The van der Waals surface area contributed by atoms with E-state index in [0.29, 0.717) is 12.1 Å². The van der Waals surface area contributed by atoms with Crippen LogP contribution in [-0.2, 0) is 17.7 Å². The Balaban J connectivity index is 1.58. The average molecular weight is 260 g/mol. The van der Waals surface area contributed by atoms with Crippen LogP contribution in [0.25, 0.3) is 0 Å². The summed E-state index contributed by atoms with van der Waals surface area (Å²) in [6, 6.07) is 7.51. The summed E-state index contributed by atoms with van der Waals surface area (Å²) in [6.45, 7) is 5.20. The molecule has 0 aliphatic carbocycles. The Bertz CT molecular complexity index is 446. The van der Waals surface area contributed by atoms with E-state index in [4.69, 9.17) is 4.74 Å². The van der Waals surface area contributed by atoms with Crippen molar-refractivity contribution in [1.29, 1.82) is 0 Å². The molecule has 0 radical (unpaired) electrons. The lowest BCUT2D eigenvalue weighted by molar-refractivity contribution is 0.0130. The first-order chi connectivity index (χ1) is 9.22. The van der Waals surface area contributed by atoms with Crippen LogP contribution in [0.4, 0.5) is 5.69 Å². The molecule has 0 spiro atoms. The van der Waals surface area contributed by atoms with Gasteiger partial charge < -0.3 is 15.0 Å². The summed E-state index contributed by atoms with van der Waals surface area (Å²) in [7, 11) is 2.17. The number of anilines is 1. The first kappa shape index (κ1) is 12.9. The van der Waals surface area contributed by atoms with Crippen molar-refractivity contribution in [2.45, 2.75) is 44.9 Å². The summed E-state index contributed by atoms with van der Waals surface area (Å²) in [4.78, 5) is 2.34. The number of ether oxygens (including phenoxy) is 1. The molecule has 1 N–H and O–H groups in total. The molecule has 3 heteroatoms. The maximum atomic E-state index is 5.59. The van der Waals surface area contributed by atoms with Gasteiger partial charge in [-0.25, -0.2) is 0 Å². The van der Waals surface area contributed by atoms with Crippen LogP contribution in [0.3, 0.4) is 0 Å². The van der Waals surface area contributed by atoms with Crippen molar-refractivity contribution in [2.24, 2.45) is 0 Å². The fourth-order valence-corrected chi connectivity index (χ4v) is 3.18. The second-order valence-corrected chi connectivity index (χ2v) is 5.92. The molecule has 2 atom stereocenters. The minimum atomic E-state index is 0.403. The van der Waals surface area contributed by atoms with Crippen LogP contribution in [0.15, 0.2) is 18.2 Å². The summed E-state index contributed by atoms with van der Waals surface area (Å²) in [5.74, 6) is 0. The van der Waals surface area contributed by atoms with Crippen molar-refractivity contribution in [1.82, 2.24) is 5.32 Å². The summed E-state index contributed by atoms with van der Waals surface area (Å²) < 4.78 is 5.59. The third kappa shape index (κ3) is 2.93. The van der Waals surface area contributed by atoms with Crippen LogP contribution in [0.1, 0.15) is 30.9 Å². The number of rotatable bonds is 3. The minimum absolute atomic E-state index is 0.403. The van der Waals surface area contributed by atoms with Crippen LogP contribution in [0.2, 0.25) is 0 Å². The number of hydrogen-bond donors (Lipinski definition) is 1. The molecule has 3 rings (SSSR count). The number of likely N-dealkylation sites (N-methyl/N-ethyl adjacent to an activating group) is 1. The van der Waals surface area contributed by atoms with E-state index in [0.717, 1.165) is 32.5 Å². The molecule has 19 heavy (non-hydrogen) atoms. The van der Waals surface area contributed by atoms with Gasteiger partial charge in [-0.1, -0.05) is 12.1 Å². The van der Waals surface area contributed by atoms with Gasteiger partial charge in [0.1, 0.15) is 0 Å². The lowest BCUT2D eigenvalue weighted by Gasteiger charge is -2.28. The third-order valence-electron chi connectivity index (χ3n) is 4.35. The van der Waals surface area contributed by atoms with Crippen LogP contribution >= 0.6 is 0 Å². The number of fused-ring (bicyclic) bond motifs is 1. The van der Waals surface area contributed by atoms with Crippen molar-refractivity contribution >= 4 is 5.69 Å². The Hall–Kier alpha value is -1.06. The largest absolute Gasteiger partial charge is 0.378 e. The zero-order valence-electron chi connectivity index (χ0n) is 12.0. The first-order valence-corrected chi connectivity index (χ1v) is 7.40. The number of nitrogens with zero attached hydrogens (tertiary/aromatic N) is 1. The monoisotopic (exact) mass is 260 g/mol. The van der Waals surface area contributed by atoms with Gasteiger partial charge in [0.05, 0.1) is 6.10 Å². The molecule has 2 heterocycles. The van der Waals surface area contributed by atoms with Crippen LogP contribution in [0, 0.1) is 0 Å². The Morgan fingerprint density at radius 3 is 3.16 bits per heavy atom. The van der Waals surface area contributed by atoms with E-state index in [-0.39, 0.29) is 0 Å². The van der Waals surface area contributed by atoms with Gasteiger partial charge in [-0.15, -0.1) is 0 Å². The number of benzene rings is 1. The molecule has 2 unspecified atom stereocenters. The molecule has 1 saturated heterocycles. The van der Waals surface area contributed by atoms with Gasteiger partial charge >= 0.3 is 0 Å². The fourth-order valence-electron chi connectivity index (χ4n) is 3.18. The second-order valence-electron chi connectivity index (χ2n) is 5.92. The van der Waals surface area contributed by atoms with Gasteiger partial charge in [0.2, 0.25) is 0 Å². The quantitative estimate of drug-likeness (QED) is 0.903. The second kappa shape index (κ2) is 5.51. The van der Waals surface area contributed by atoms with Gasteiger partial charge in [-0.3, -0.25) is 0 Å². The fraction of sp³-hybridized carbons (Fsp3) is 0.625. The van der Waals surface area contributed by atoms with Crippen molar-refractivity contribution in [3.8, 4) is 0 Å². The number of hydrogen-bond acceptors (Lipinski definition) is 3. The highest BCUT2D eigenvalue weighted by molar-refractivity contribution is 5.58. The average Bonchev–Trinajstić information content (AvgIpc) is 2.78. The Kier molecular flexibility index (Phi) is 3.76. The summed E-state index contributed by atoms with van der Waals surface area (Å²) in [5.41, 5.74) is 4.32. The molecule has 1 fully saturated rings. The maximum absolute atomic E-state index is 5.59. The van der Waals surface area contributed by atoms with Crippen molar-refractivity contribution < 1.29 is 4.74 Å². The molecule has 2 aliphatic rings. The van der Waals surface area contributed by atoms with Crippen LogP contribution in [0.5, 0.6) is 0 Å². The molecular formula is C16H24N2O. The lowest BCUT2D eigenvalue weighted by atomic mass is 10.0. The molecule has 0 saturated carbocycles. The first-order valence-electron chi connectivity index (χ1n) is 7.40. The van der Waals surface area contributed by atoms with E-state index in [9.17, 15) is 0 Å². The minimum Gasteiger partial charge on any atom is -0.378 e. The SMILES string of the molecule is CC1CC(NCc2ccc3c(c2)CCN3C)CCO1. The highest BCUT2D eigenvalue weighted by Gasteiger charge is 2.19. The van der Waals surface area contributed by atoms with Crippen LogP contribution in [-0.4, -0.2) is 32.3 Å². The molecule has 3 nitrogen and oxygen atoms in total. The lowest BCUT2D eigenvalue weighted by Crippen LogP contribution is -2.37. The smallest absolute Gasteiger partial charge is 0.0561 e. The normalized spacial score (nSPS) is 26.5. The number of nitrogens with one attached hydrogen (secondary N) is 1. The summed E-state index contributed by atoms with van der Waals surface area (Å²) >= 11 is 0. The van der Waals surface area contributed by atoms with Crippen molar-refractivity contribution in [2.75, 3.05) is 25.1 Å². The molecule has 0 aromatic heterocycles. The molecule has 0 amide bonds. The molecule has 104 valence electrons. The molecule has 2 aliphatic heterocycles. The van der Waals surface area contributed by atoms with E-state index in [1.165, 1.54) is 23.2 Å².